The lowest BCUT2D eigenvalue weighted by Crippen LogP contribution is -2.00. The fourth-order valence-electron chi connectivity index (χ4n) is 2.89. The zero-order valence-electron chi connectivity index (χ0n) is 12.6. The minimum absolute atomic E-state index is 0.955. The number of nitrogens with one attached hydrogen (secondary N) is 1. The van der Waals surface area contributed by atoms with E-state index >= 15 is 0 Å². The number of anilines is 1. The van der Waals surface area contributed by atoms with E-state index in [1.807, 2.05) is 0 Å². The maximum Gasteiger partial charge on any atom is 0.0376 e. The average Bonchev–Trinajstić information content (AvgIpc) is 2.32. The molecule has 0 unspecified atom stereocenters. The van der Waals surface area contributed by atoms with Gasteiger partial charge in [0.15, 0.2) is 0 Å². The minimum atomic E-state index is 0.955. The van der Waals surface area contributed by atoms with Gasteiger partial charge in [-0.05, 0) is 68.5 Å². The Balaban J connectivity index is 2.63. The molecule has 0 heterocycles. The van der Waals surface area contributed by atoms with Crippen LogP contribution < -0.4 is 5.32 Å². The van der Waals surface area contributed by atoms with Crippen molar-refractivity contribution >= 4 is 5.69 Å². The largest absolute Gasteiger partial charge is 0.385 e. The van der Waals surface area contributed by atoms with Gasteiger partial charge in [-0.3, -0.25) is 0 Å². The molecule has 1 N–H and O–H groups in total. The molecular formula is C18H23N. The van der Waals surface area contributed by atoms with E-state index in [9.17, 15) is 0 Å². The topological polar surface area (TPSA) is 12.0 Å². The van der Waals surface area contributed by atoms with Crippen LogP contribution in [0.5, 0.6) is 0 Å². The molecule has 0 amide bonds. The predicted octanol–water partition coefficient (Wildman–Crippen LogP) is 5.02. The third-order valence-corrected chi connectivity index (χ3v) is 3.65. The van der Waals surface area contributed by atoms with E-state index in [0.717, 1.165) is 6.54 Å². The van der Waals surface area contributed by atoms with Crippen LogP contribution in [0.4, 0.5) is 5.69 Å². The summed E-state index contributed by atoms with van der Waals surface area (Å²) in [6, 6.07) is 11.0. The van der Waals surface area contributed by atoms with E-state index in [0.29, 0.717) is 0 Å². The van der Waals surface area contributed by atoms with Gasteiger partial charge < -0.3 is 5.32 Å². The average molecular weight is 253 g/mol. The van der Waals surface area contributed by atoms with Crippen molar-refractivity contribution in [2.45, 2.75) is 34.6 Å². The van der Waals surface area contributed by atoms with Crippen LogP contribution in [0.1, 0.15) is 29.2 Å². The molecule has 2 aromatic rings. The van der Waals surface area contributed by atoms with Gasteiger partial charge in [-0.25, -0.2) is 0 Å². The van der Waals surface area contributed by atoms with Crippen molar-refractivity contribution in [3.63, 3.8) is 0 Å². The van der Waals surface area contributed by atoms with Crippen LogP contribution in [0.3, 0.4) is 0 Å². The lowest BCUT2D eigenvalue weighted by atomic mass is 9.90. The van der Waals surface area contributed by atoms with Gasteiger partial charge in [-0.2, -0.15) is 0 Å². The van der Waals surface area contributed by atoms with Crippen molar-refractivity contribution in [3.05, 3.63) is 52.6 Å². The summed E-state index contributed by atoms with van der Waals surface area (Å²) >= 11 is 0. The third-order valence-electron chi connectivity index (χ3n) is 3.65. The van der Waals surface area contributed by atoms with Crippen LogP contribution in [0.2, 0.25) is 0 Å². The van der Waals surface area contributed by atoms with Gasteiger partial charge in [0, 0.05) is 12.2 Å². The van der Waals surface area contributed by atoms with Gasteiger partial charge in [-0.15, -0.1) is 0 Å². The van der Waals surface area contributed by atoms with E-state index in [4.69, 9.17) is 0 Å². The van der Waals surface area contributed by atoms with Crippen LogP contribution in [-0.4, -0.2) is 6.54 Å². The predicted molar refractivity (Wildman–Crippen MR) is 85.0 cm³/mol. The van der Waals surface area contributed by atoms with E-state index in [2.05, 4.69) is 70.3 Å². The molecule has 1 heteroatoms. The Labute approximate surface area is 116 Å². The molecular weight excluding hydrogens is 230 g/mol. The number of benzene rings is 2. The maximum atomic E-state index is 3.44. The summed E-state index contributed by atoms with van der Waals surface area (Å²) < 4.78 is 0. The van der Waals surface area contributed by atoms with Crippen molar-refractivity contribution in [2.24, 2.45) is 0 Å². The summed E-state index contributed by atoms with van der Waals surface area (Å²) in [5, 5.41) is 3.44. The molecule has 1 nitrogen and oxygen atoms in total. The molecule has 0 aliphatic rings. The summed E-state index contributed by atoms with van der Waals surface area (Å²) in [4.78, 5) is 0. The Morgan fingerprint density at radius 3 is 2.16 bits per heavy atom. The van der Waals surface area contributed by atoms with Gasteiger partial charge in [-0.1, -0.05) is 29.8 Å². The Morgan fingerprint density at radius 2 is 1.58 bits per heavy atom. The SMILES string of the molecule is CCNc1cccc(-c2c(C)cc(C)cc2C)c1C. The van der Waals surface area contributed by atoms with E-state index < -0.39 is 0 Å². The minimum Gasteiger partial charge on any atom is -0.385 e. The first-order chi connectivity index (χ1) is 9.04. The third kappa shape index (κ3) is 2.65. The molecule has 2 rings (SSSR count). The zero-order valence-corrected chi connectivity index (χ0v) is 12.6. The van der Waals surface area contributed by atoms with E-state index in [1.165, 1.54) is 39.1 Å². The Morgan fingerprint density at radius 1 is 0.947 bits per heavy atom. The standard InChI is InChI=1S/C18H23N/c1-6-19-17-9-7-8-16(15(17)5)18-13(3)10-12(2)11-14(18)4/h7-11,19H,6H2,1-5H3. The lowest BCUT2D eigenvalue weighted by Gasteiger charge is -2.17. The summed E-state index contributed by atoms with van der Waals surface area (Å²) in [7, 11) is 0. The van der Waals surface area contributed by atoms with Crippen LogP contribution in [0, 0.1) is 27.7 Å². The smallest absolute Gasteiger partial charge is 0.0376 e. The number of aryl methyl sites for hydroxylation is 3. The summed E-state index contributed by atoms with van der Waals surface area (Å²) in [5.41, 5.74) is 9.33. The van der Waals surface area contributed by atoms with Crippen molar-refractivity contribution in [1.29, 1.82) is 0 Å². The van der Waals surface area contributed by atoms with Crippen molar-refractivity contribution in [2.75, 3.05) is 11.9 Å². The van der Waals surface area contributed by atoms with E-state index in [-0.39, 0.29) is 0 Å². The number of rotatable bonds is 3. The molecule has 19 heavy (non-hydrogen) atoms. The van der Waals surface area contributed by atoms with Crippen molar-refractivity contribution in [3.8, 4) is 11.1 Å². The molecule has 0 aliphatic carbocycles. The molecule has 100 valence electrons. The van der Waals surface area contributed by atoms with Gasteiger partial charge in [0.1, 0.15) is 0 Å². The normalized spacial score (nSPS) is 10.6. The van der Waals surface area contributed by atoms with Gasteiger partial charge in [0.25, 0.3) is 0 Å². The number of hydrogen-bond acceptors (Lipinski definition) is 1. The molecule has 2 aromatic carbocycles. The highest BCUT2D eigenvalue weighted by Gasteiger charge is 2.11. The molecule has 0 bridgehead atoms. The molecule has 0 saturated carbocycles. The van der Waals surface area contributed by atoms with E-state index in [1.54, 1.807) is 0 Å². The van der Waals surface area contributed by atoms with Crippen LogP contribution >= 0.6 is 0 Å². The quantitative estimate of drug-likeness (QED) is 0.810. The molecule has 0 aliphatic heterocycles. The molecule has 0 aromatic heterocycles. The fourth-order valence-corrected chi connectivity index (χ4v) is 2.89. The van der Waals surface area contributed by atoms with Gasteiger partial charge >= 0.3 is 0 Å². The highest BCUT2D eigenvalue weighted by atomic mass is 14.9. The van der Waals surface area contributed by atoms with Crippen LogP contribution in [0.15, 0.2) is 30.3 Å². The monoisotopic (exact) mass is 253 g/mol. The lowest BCUT2D eigenvalue weighted by molar-refractivity contribution is 1.20. The maximum absolute atomic E-state index is 3.44. The highest BCUT2D eigenvalue weighted by Crippen LogP contribution is 2.33. The molecule has 0 saturated heterocycles. The first-order valence-electron chi connectivity index (χ1n) is 6.96. The highest BCUT2D eigenvalue weighted by molar-refractivity contribution is 5.78. The second-order valence-corrected chi connectivity index (χ2v) is 5.28. The first kappa shape index (κ1) is 13.7. The number of hydrogen-bond donors (Lipinski definition) is 1. The summed E-state index contributed by atoms with van der Waals surface area (Å²) in [6.45, 7) is 11.9. The van der Waals surface area contributed by atoms with Crippen molar-refractivity contribution < 1.29 is 0 Å². The van der Waals surface area contributed by atoms with Gasteiger partial charge in [0.2, 0.25) is 0 Å². The van der Waals surface area contributed by atoms with Crippen LogP contribution in [0.25, 0.3) is 11.1 Å². The summed E-state index contributed by atoms with van der Waals surface area (Å²) in [5.74, 6) is 0. The van der Waals surface area contributed by atoms with Crippen molar-refractivity contribution in [1.82, 2.24) is 0 Å². The molecule has 0 atom stereocenters. The Hall–Kier alpha value is -1.76. The second kappa shape index (κ2) is 5.48. The molecule has 0 radical (unpaired) electrons. The first-order valence-corrected chi connectivity index (χ1v) is 6.96. The van der Waals surface area contributed by atoms with Crippen LogP contribution in [-0.2, 0) is 0 Å². The second-order valence-electron chi connectivity index (χ2n) is 5.28. The van der Waals surface area contributed by atoms with Gasteiger partial charge in [0.05, 0.1) is 0 Å². The fraction of sp³-hybridized carbons (Fsp3) is 0.333. The zero-order chi connectivity index (χ0) is 14.0. The molecule has 0 fully saturated rings. The Bertz CT molecular complexity index is 574. The molecule has 0 spiro atoms. The summed E-state index contributed by atoms with van der Waals surface area (Å²) in [6.07, 6.45) is 0. The Kier molecular flexibility index (Phi) is 3.94.